The van der Waals surface area contributed by atoms with E-state index in [-0.39, 0.29) is 47.3 Å². The van der Waals surface area contributed by atoms with Crippen LogP contribution in [0, 0.1) is 0 Å². The standard InChI is InChI=1S/C8H6O4.Na/c9-5-8(11)12-7-3-1-6(10)2-4-7;/h1-5,10H;. The molecule has 63 valence electrons. The Morgan fingerprint density at radius 2 is 1.85 bits per heavy atom. The van der Waals surface area contributed by atoms with E-state index < -0.39 is 5.97 Å². The molecule has 13 heavy (non-hydrogen) atoms. The maximum atomic E-state index is 10.4. The van der Waals surface area contributed by atoms with Crippen molar-refractivity contribution >= 4 is 41.8 Å². The van der Waals surface area contributed by atoms with Crippen LogP contribution in [0.4, 0.5) is 0 Å². The average molecular weight is 189 g/mol. The molecule has 0 saturated carbocycles. The molecule has 1 N–H and O–H groups in total. The number of ether oxygens (including phenoxy) is 1. The number of phenols is 1. The molecule has 0 amide bonds. The third-order valence-electron chi connectivity index (χ3n) is 1.15. The zero-order chi connectivity index (χ0) is 8.97. The Labute approximate surface area is 96.8 Å². The van der Waals surface area contributed by atoms with Crippen LogP contribution in [0.25, 0.3) is 0 Å². The monoisotopic (exact) mass is 189 g/mol. The van der Waals surface area contributed by atoms with Gasteiger partial charge in [-0.3, -0.25) is 4.79 Å². The Bertz CT molecular complexity index is 294. The first-order valence-electron chi connectivity index (χ1n) is 3.18. The van der Waals surface area contributed by atoms with Crippen LogP contribution in [0.15, 0.2) is 24.3 Å². The fourth-order valence-electron chi connectivity index (χ4n) is 0.654. The molecular weight excluding hydrogens is 183 g/mol. The second-order valence-corrected chi connectivity index (χ2v) is 2.03. The number of esters is 1. The molecule has 0 aliphatic heterocycles. The zero-order valence-electron chi connectivity index (χ0n) is 7.06. The Morgan fingerprint density at radius 1 is 1.31 bits per heavy atom. The first-order valence-corrected chi connectivity index (χ1v) is 3.18. The van der Waals surface area contributed by atoms with Gasteiger partial charge in [0.15, 0.2) is 0 Å². The molecule has 4 nitrogen and oxygen atoms in total. The van der Waals surface area contributed by atoms with E-state index in [1.165, 1.54) is 24.3 Å². The van der Waals surface area contributed by atoms with Crippen molar-refractivity contribution in [1.29, 1.82) is 0 Å². The van der Waals surface area contributed by atoms with Crippen LogP contribution in [0.5, 0.6) is 11.5 Å². The summed E-state index contributed by atoms with van der Waals surface area (Å²) in [4.78, 5) is 20.3. The van der Waals surface area contributed by atoms with Gasteiger partial charge in [-0.25, -0.2) is 4.79 Å². The van der Waals surface area contributed by atoms with E-state index in [9.17, 15) is 9.59 Å². The number of carbonyl (C=O) groups excluding carboxylic acids is 2. The first-order chi connectivity index (χ1) is 5.72. The van der Waals surface area contributed by atoms with E-state index in [4.69, 9.17) is 5.11 Å². The molecule has 0 fully saturated rings. The minimum Gasteiger partial charge on any atom is -0.508 e. The van der Waals surface area contributed by atoms with E-state index in [2.05, 4.69) is 4.74 Å². The van der Waals surface area contributed by atoms with Crippen LogP contribution >= 0.6 is 0 Å². The molecular formula is C8H6NaO4. The van der Waals surface area contributed by atoms with Crippen LogP contribution in [0.3, 0.4) is 0 Å². The van der Waals surface area contributed by atoms with E-state index in [1.54, 1.807) is 0 Å². The minimum atomic E-state index is -0.958. The zero-order valence-corrected chi connectivity index (χ0v) is 9.06. The molecule has 0 aliphatic carbocycles. The first kappa shape index (κ1) is 12.2. The predicted molar refractivity (Wildman–Crippen MR) is 45.6 cm³/mol. The Morgan fingerprint density at radius 3 is 2.31 bits per heavy atom. The summed E-state index contributed by atoms with van der Waals surface area (Å²) in [6, 6.07) is 5.48. The molecule has 1 rings (SSSR count). The molecule has 5 heteroatoms. The van der Waals surface area contributed by atoms with Gasteiger partial charge in [-0.15, -0.1) is 0 Å². The fraction of sp³-hybridized carbons (Fsp3) is 0. The fourth-order valence-corrected chi connectivity index (χ4v) is 0.654. The van der Waals surface area contributed by atoms with E-state index >= 15 is 0 Å². The van der Waals surface area contributed by atoms with Crippen molar-refractivity contribution in [2.75, 3.05) is 0 Å². The number of hydrogen-bond acceptors (Lipinski definition) is 4. The van der Waals surface area contributed by atoms with Crippen LogP contribution in [-0.4, -0.2) is 46.9 Å². The summed E-state index contributed by atoms with van der Waals surface area (Å²) in [6.45, 7) is 0. The Kier molecular flexibility index (Phi) is 5.37. The van der Waals surface area contributed by atoms with Crippen molar-refractivity contribution in [2.24, 2.45) is 0 Å². The minimum absolute atomic E-state index is 0. The van der Waals surface area contributed by atoms with Crippen molar-refractivity contribution in [2.45, 2.75) is 0 Å². The molecule has 0 heterocycles. The molecule has 0 unspecified atom stereocenters. The summed E-state index contributed by atoms with van der Waals surface area (Å²) < 4.78 is 4.50. The molecule has 0 saturated heterocycles. The van der Waals surface area contributed by atoms with Crippen molar-refractivity contribution in [3.8, 4) is 11.5 Å². The number of hydrogen-bond donors (Lipinski definition) is 1. The van der Waals surface area contributed by atoms with Crippen LogP contribution < -0.4 is 4.74 Å². The van der Waals surface area contributed by atoms with Crippen molar-refractivity contribution < 1.29 is 19.4 Å². The number of aromatic hydroxyl groups is 1. The molecule has 0 bridgehead atoms. The van der Waals surface area contributed by atoms with Gasteiger partial charge in [0.2, 0.25) is 6.29 Å². The average Bonchev–Trinajstić information content (AvgIpc) is 2.09. The number of benzene rings is 1. The van der Waals surface area contributed by atoms with Crippen LogP contribution in [-0.2, 0) is 9.59 Å². The molecule has 0 spiro atoms. The Balaban J connectivity index is 0.00000144. The van der Waals surface area contributed by atoms with Gasteiger partial charge in [0.05, 0.1) is 0 Å². The quantitative estimate of drug-likeness (QED) is 0.236. The maximum Gasteiger partial charge on any atom is 0.376 e. The summed E-state index contributed by atoms with van der Waals surface area (Å²) in [6.07, 6.45) is 0.0762. The van der Waals surface area contributed by atoms with E-state index in [0.29, 0.717) is 0 Å². The number of rotatable bonds is 2. The predicted octanol–water partition coefficient (Wildman–Crippen LogP) is 0.116. The van der Waals surface area contributed by atoms with Gasteiger partial charge in [-0.1, -0.05) is 0 Å². The van der Waals surface area contributed by atoms with Crippen LogP contribution in [0.1, 0.15) is 0 Å². The summed E-state index contributed by atoms with van der Waals surface area (Å²) in [7, 11) is 0. The largest absolute Gasteiger partial charge is 0.508 e. The van der Waals surface area contributed by atoms with Gasteiger partial charge in [-0.05, 0) is 24.3 Å². The van der Waals surface area contributed by atoms with Gasteiger partial charge in [-0.2, -0.15) is 0 Å². The third kappa shape index (κ3) is 4.07. The van der Waals surface area contributed by atoms with Crippen molar-refractivity contribution in [3.05, 3.63) is 24.3 Å². The molecule has 0 aromatic heterocycles. The van der Waals surface area contributed by atoms with E-state index in [0.717, 1.165) is 0 Å². The number of carbonyl (C=O) groups is 2. The van der Waals surface area contributed by atoms with Gasteiger partial charge >= 0.3 is 5.97 Å². The van der Waals surface area contributed by atoms with Gasteiger partial charge < -0.3 is 9.84 Å². The Hall–Kier alpha value is -0.840. The summed E-state index contributed by atoms with van der Waals surface area (Å²) in [5, 5.41) is 8.84. The summed E-state index contributed by atoms with van der Waals surface area (Å²) in [5.74, 6) is -0.661. The van der Waals surface area contributed by atoms with E-state index in [1.807, 2.05) is 0 Å². The molecule has 1 radical (unpaired) electrons. The number of aldehydes is 1. The molecule has 1 aromatic carbocycles. The van der Waals surface area contributed by atoms with Crippen LogP contribution in [0.2, 0.25) is 0 Å². The second kappa shape index (κ2) is 5.75. The van der Waals surface area contributed by atoms with Crippen molar-refractivity contribution in [1.82, 2.24) is 0 Å². The summed E-state index contributed by atoms with van der Waals surface area (Å²) >= 11 is 0. The number of phenolic OH excluding ortho intramolecular Hbond substituents is 1. The smallest absolute Gasteiger partial charge is 0.376 e. The van der Waals surface area contributed by atoms with Gasteiger partial charge in [0, 0.05) is 29.6 Å². The van der Waals surface area contributed by atoms with Gasteiger partial charge in [0.1, 0.15) is 11.5 Å². The second-order valence-electron chi connectivity index (χ2n) is 2.03. The summed E-state index contributed by atoms with van der Waals surface area (Å²) in [5.41, 5.74) is 0. The van der Waals surface area contributed by atoms with Gasteiger partial charge in [0.25, 0.3) is 0 Å². The third-order valence-corrected chi connectivity index (χ3v) is 1.15. The maximum absolute atomic E-state index is 10.4. The molecule has 1 aromatic rings. The topological polar surface area (TPSA) is 63.6 Å². The normalized spacial score (nSPS) is 8.31. The van der Waals surface area contributed by atoms with Crippen molar-refractivity contribution in [3.63, 3.8) is 0 Å². The molecule has 0 aliphatic rings. The molecule has 0 atom stereocenters. The SMILES string of the molecule is O=CC(=O)Oc1ccc(O)cc1.[Na].